The minimum Gasteiger partial charge on any atom is -0.389 e. The van der Waals surface area contributed by atoms with Crippen molar-refractivity contribution in [3.8, 4) is 11.3 Å². The number of aliphatic hydroxyl groups is 1. The molecule has 0 spiro atoms. The highest BCUT2D eigenvalue weighted by Crippen LogP contribution is 2.14. The van der Waals surface area contributed by atoms with E-state index >= 15 is 0 Å². The van der Waals surface area contributed by atoms with E-state index in [1.165, 1.54) is 0 Å². The summed E-state index contributed by atoms with van der Waals surface area (Å²) in [5.74, 6) is 0. The van der Waals surface area contributed by atoms with Gasteiger partial charge in [-0.2, -0.15) is 0 Å². The number of nitrogens with zero attached hydrogens (tertiary/aromatic N) is 3. The number of aliphatic hydroxyl groups excluding tert-OH is 1. The van der Waals surface area contributed by atoms with Crippen LogP contribution in [0.15, 0.2) is 36.5 Å². The Morgan fingerprint density at radius 3 is 2.85 bits per heavy atom. The molecule has 0 aliphatic rings. The van der Waals surface area contributed by atoms with Crippen LogP contribution in [0.25, 0.3) is 11.3 Å². The van der Waals surface area contributed by atoms with Crippen molar-refractivity contribution in [1.82, 2.24) is 15.0 Å². The van der Waals surface area contributed by atoms with Crippen molar-refractivity contribution in [3.05, 3.63) is 36.5 Å². The molecule has 0 saturated heterocycles. The summed E-state index contributed by atoms with van der Waals surface area (Å²) in [6, 6.07) is 9.86. The van der Waals surface area contributed by atoms with E-state index < -0.39 is 6.10 Å². The third-order valence-electron chi connectivity index (χ3n) is 2.96. The van der Waals surface area contributed by atoms with Crippen LogP contribution in [0.2, 0.25) is 0 Å². The van der Waals surface area contributed by atoms with E-state index in [0.717, 1.165) is 24.1 Å². The highest BCUT2D eigenvalue weighted by Gasteiger charge is 2.08. The molecule has 108 valence electrons. The Morgan fingerprint density at radius 2 is 2.10 bits per heavy atom. The van der Waals surface area contributed by atoms with E-state index in [1.807, 2.05) is 36.5 Å². The van der Waals surface area contributed by atoms with E-state index in [9.17, 15) is 5.11 Å². The fourth-order valence-corrected chi connectivity index (χ4v) is 1.86. The van der Waals surface area contributed by atoms with Crippen molar-refractivity contribution in [3.63, 3.8) is 0 Å². The van der Waals surface area contributed by atoms with Crippen LogP contribution in [0.4, 0.5) is 0 Å². The van der Waals surface area contributed by atoms with Gasteiger partial charge in [0.2, 0.25) is 0 Å². The van der Waals surface area contributed by atoms with Gasteiger partial charge in [0.05, 0.1) is 25.5 Å². The predicted molar refractivity (Wildman–Crippen MR) is 77.2 cm³/mol. The molecule has 2 rings (SSSR count). The second-order valence-corrected chi connectivity index (χ2v) is 4.77. The second-order valence-electron chi connectivity index (χ2n) is 4.77. The third-order valence-corrected chi connectivity index (χ3v) is 2.96. The number of aromatic nitrogens is 3. The van der Waals surface area contributed by atoms with Gasteiger partial charge in [-0.3, -0.25) is 0 Å². The standard InChI is InChI=1S/C15H21N3O2/c1-2-3-9-20-12-14(19)10-18-11-15(16-17-18)13-7-5-4-6-8-13/h4-8,11,14,19H,2-3,9-10,12H2,1H3. The van der Waals surface area contributed by atoms with E-state index in [2.05, 4.69) is 17.2 Å². The fourth-order valence-electron chi connectivity index (χ4n) is 1.86. The van der Waals surface area contributed by atoms with Crippen LogP contribution in [-0.2, 0) is 11.3 Å². The van der Waals surface area contributed by atoms with Gasteiger partial charge in [0, 0.05) is 12.2 Å². The van der Waals surface area contributed by atoms with E-state index in [-0.39, 0.29) is 0 Å². The van der Waals surface area contributed by atoms with Crippen molar-refractivity contribution < 1.29 is 9.84 Å². The lowest BCUT2D eigenvalue weighted by atomic mass is 10.2. The molecule has 1 heterocycles. The maximum absolute atomic E-state index is 9.87. The summed E-state index contributed by atoms with van der Waals surface area (Å²) in [6.07, 6.45) is 3.40. The van der Waals surface area contributed by atoms with Crippen LogP contribution in [0.1, 0.15) is 19.8 Å². The molecule has 0 radical (unpaired) electrons. The van der Waals surface area contributed by atoms with Gasteiger partial charge in [0.15, 0.2) is 0 Å². The Hall–Kier alpha value is -1.72. The average Bonchev–Trinajstić information content (AvgIpc) is 2.93. The molecule has 0 aliphatic heterocycles. The number of benzene rings is 1. The molecule has 0 saturated carbocycles. The quantitative estimate of drug-likeness (QED) is 0.750. The Kier molecular flexibility index (Phi) is 5.70. The van der Waals surface area contributed by atoms with Gasteiger partial charge in [-0.25, -0.2) is 4.68 Å². The second kappa shape index (κ2) is 7.77. The highest BCUT2D eigenvalue weighted by atomic mass is 16.5. The van der Waals surface area contributed by atoms with Crippen LogP contribution in [-0.4, -0.2) is 39.4 Å². The smallest absolute Gasteiger partial charge is 0.113 e. The summed E-state index contributed by atoms with van der Waals surface area (Å²) < 4.78 is 7.04. The molecule has 1 aromatic heterocycles. The van der Waals surface area contributed by atoms with Gasteiger partial charge >= 0.3 is 0 Å². The Labute approximate surface area is 119 Å². The molecule has 5 nitrogen and oxygen atoms in total. The van der Waals surface area contributed by atoms with Crippen LogP contribution in [0, 0.1) is 0 Å². The first-order chi connectivity index (χ1) is 9.79. The zero-order valence-corrected chi connectivity index (χ0v) is 11.8. The summed E-state index contributed by atoms with van der Waals surface area (Å²) in [4.78, 5) is 0. The first-order valence-electron chi connectivity index (χ1n) is 7.01. The number of unbranched alkanes of at least 4 members (excludes halogenated alkanes) is 1. The predicted octanol–water partition coefficient (Wildman–Crippen LogP) is 2.12. The number of hydrogen-bond acceptors (Lipinski definition) is 4. The molecular formula is C15H21N3O2. The third kappa shape index (κ3) is 4.43. The minimum atomic E-state index is -0.558. The first-order valence-corrected chi connectivity index (χ1v) is 7.01. The maximum Gasteiger partial charge on any atom is 0.113 e. The van der Waals surface area contributed by atoms with Crippen LogP contribution in [0.5, 0.6) is 0 Å². The Morgan fingerprint density at radius 1 is 1.30 bits per heavy atom. The lowest BCUT2D eigenvalue weighted by molar-refractivity contribution is 0.0251. The molecule has 1 unspecified atom stereocenters. The molecule has 0 bridgehead atoms. The maximum atomic E-state index is 9.87. The first kappa shape index (κ1) is 14.7. The van der Waals surface area contributed by atoms with Crippen molar-refractivity contribution in [2.45, 2.75) is 32.4 Å². The van der Waals surface area contributed by atoms with E-state index in [0.29, 0.717) is 19.8 Å². The van der Waals surface area contributed by atoms with Crippen LogP contribution in [0.3, 0.4) is 0 Å². The normalized spacial score (nSPS) is 12.5. The summed E-state index contributed by atoms with van der Waals surface area (Å²) in [5, 5.41) is 18.0. The molecule has 5 heteroatoms. The molecule has 1 aromatic carbocycles. The number of hydrogen-bond donors (Lipinski definition) is 1. The molecule has 1 atom stereocenters. The van der Waals surface area contributed by atoms with E-state index in [1.54, 1.807) is 4.68 Å². The highest BCUT2D eigenvalue weighted by molar-refractivity contribution is 5.57. The van der Waals surface area contributed by atoms with E-state index in [4.69, 9.17) is 4.74 Å². The Bertz CT molecular complexity index is 499. The molecule has 0 fully saturated rings. The van der Waals surface area contributed by atoms with Gasteiger partial charge in [-0.15, -0.1) is 5.10 Å². The largest absolute Gasteiger partial charge is 0.389 e. The summed E-state index contributed by atoms with van der Waals surface area (Å²) >= 11 is 0. The van der Waals surface area contributed by atoms with Crippen molar-refractivity contribution in [2.75, 3.05) is 13.2 Å². The SMILES string of the molecule is CCCCOCC(O)Cn1cc(-c2ccccc2)nn1. The van der Waals surface area contributed by atoms with Gasteiger partial charge in [-0.1, -0.05) is 48.9 Å². The van der Waals surface area contributed by atoms with Crippen molar-refractivity contribution in [2.24, 2.45) is 0 Å². The monoisotopic (exact) mass is 275 g/mol. The topological polar surface area (TPSA) is 60.2 Å². The summed E-state index contributed by atoms with van der Waals surface area (Å²) in [6.45, 7) is 3.53. The van der Waals surface area contributed by atoms with Gasteiger partial charge < -0.3 is 9.84 Å². The fraction of sp³-hybridized carbons (Fsp3) is 0.467. The summed E-state index contributed by atoms with van der Waals surface area (Å²) in [5.41, 5.74) is 1.83. The van der Waals surface area contributed by atoms with Crippen LogP contribution < -0.4 is 0 Å². The zero-order chi connectivity index (χ0) is 14.2. The Balaban J connectivity index is 1.83. The minimum absolute atomic E-state index is 0.334. The molecule has 0 amide bonds. The molecule has 0 aliphatic carbocycles. The lowest BCUT2D eigenvalue weighted by Gasteiger charge is -2.10. The molecule has 20 heavy (non-hydrogen) atoms. The molecular weight excluding hydrogens is 254 g/mol. The molecule has 2 aromatic rings. The van der Waals surface area contributed by atoms with Crippen LogP contribution >= 0.6 is 0 Å². The summed E-state index contributed by atoms with van der Waals surface area (Å²) in [7, 11) is 0. The number of ether oxygens (including phenoxy) is 1. The average molecular weight is 275 g/mol. The van der Waals surface area contributed by atoms with Crippen molar-refractivity contribution in [1.29, 1.82) is 0 Å². The number of rotatable bonds is 8. The zero-order valence-electron chi connectivity index (χ0n) is 11.8. The lowest BCUT2D eigenvalue weighted by Crippen LogP contribution is -2.22. The van der Waals surface area contributed by atoms with Gasteiger partial charge in [-0.05, 0) is 6.42 Å². The van der Waals surface area contributed by atoms with Gasteiger partial charge in [0.25, 0.3) is 0 Å². The van der Waals surface area contributed by atoms with Crippen molar-refractivity contribution >= 4 is 0 Å². The molecule has 1 N–H and O–H groups in total. The van der Waals surface area contributed by atoms with Gasteiger partial charge in [0.1, 0.15) is 5.69 Å².